The van der Waals surface area contributed by atoms with E-state index in [1.165, 1.54) is 0 Å². The van der Waals surface area contributed by atoms with Gasteiger partial charge in [-0.15, -0.1) is 0 Å². The van der Waals surface area contributed by atoms with Crippen LogP contribution in [0, 0.1) is 0 Å². The van der Waals surface area contributed by atoms with Crippen LogP contribution in [-0.4, -0.2) is 44.0 Å². The predicted octanol–water partition coefficient (Wildman–Crippen LogP) is 2.35. The normalized spacial score (nSPS) is 14.4. The standard InChI is InChI=1S/C17H14ClN5O2/c18-13-5-2-1-4-11(13)8-14(24)23-9-12(10-23)17-21-16(22-25-17)15-19-6-3-7-20-15/h1-7,12H,8-10H2. The van der Waals surface area contributed by atoms with E-state index in [1.807, 2.05) is 18.2 Å². The van der Waals surface area contributed by atoms with Gasteiger partial charge >= 0.3 is 0 Å². The van der Waals surface area contributed by atoms with Crippen LogP contribution >= 0.6 is 11.6 Å². The molecule has 2 aromatic heterocycles. The van der Waals surface area contributed by atoms with Crippen LogP contribution in [0.4, 0.5) is 0 Å². The zero-order valence-corrected chi connectivity index (χ0v) is 13.9. The van der Waals surface area contributed by atoms with Crippen LogP contribution in [-0.2, 0) is 11.2 Å². The molecule has 126 valence electrons. The number of aromatic nitrogens is 4. The molecule has 0 saturated carbocycles. The molecule has 1 aliphatic heterocycles. The van der Waals surface area contributed by atoms with Crippen LogP contribution in [0.3, 0.4) is 0 Å². The first-order chi connectivity index (χ1) is 12.2. The van der Waals surface area contributed by atoms with E-state index < -0.39 is 0 Å². The van der Waals surface area contributed by atoms with Crippen molar-refractivity contribution in [1.29, 1.82) is 0 Å². The molecule has 25 heavy (non-hydrogen) atoms. The third kappa shape index (κ3) is 3.23. The maximum atomic E-state index is 12.3. The predicted molar refractivity (Wildman–Crippen MR) is 89.8 cm³/mol. The third-order valence-electron chi connectivity index (χ3n) is 4.09. The molecule has 0 atom stereocenters. The number of halogens is 1. The summed E-state index contributed by atoms with van der Waals surface area (Å²) in [5, 5.41) is 4.52. The molecule has 1 fully saturated rings. The first-order valence-corrected chi connectivity index (χ1v) is 8.20. The summed E-state index contributed by atoms with van der Waals surface area (Å²) in [5.41, 5.74) is 0.832. The molecule has 0 unspecified atom stereocenters. The average molecular weight is 356 g/mol. The van der Waals surface area contributed by atoms with Gasteiger partial charge in [0.2, 0.25) is 23.4 Å². The van der Waals surface area contributed by atoms with Crippen LogP contribution in [0.5, 0.6) is 0 Å². The molecular weight excluding hydrogens is 342 g/mol. The quantitative estimate of drug-likeness (QED) is 0.714. The fourth-order valence-electron chi connectivity index (χ4n) is 2.66. The summed E-state index contributed by atoms with van der Waals surface area (Å²) in [4.78, 5) is 26.6. The monoisotopic (exact) mass is 355 g/mol. The number of carbonyl (C=O) groups excluding carboxylic acids is 1. The van der Waals surface area contributed by atoms with Crippen molar-refractivity contribution in [3.8, 4) is 11.6 Å². The van der Waals surface area contributed by atoms with Gasteiger partial charge in [0.05, 0.1) is 12.3 Å². The van der Waals surface area contributed by atoms with Gasteiger partial charge in [0.15, 0.2) is 0 Å². The van der Waals surface area contributed by atoms with Crippen molar-refractivity contribution in [2.45, 2.75) is 12.3 Å². The van der Waals surface area contributed by atoms with Gasteiger partial charge in [-0.25, -0.2) is 9.97 Å². The van der Waals surface area contributed by atoms with Crippen LogP contribution in [0.1, 0.15) is 17.4 Å². The van der Waals surface area contributed by atoms with E-state index in [4.69, 9.17) is 16.1 Å². The molecule has 0 radical (unpaired) electrons. The Hall–Kier alpha value is -2.80. The Balaban J connectivity index is 1.37. The van der Waals surface area contributed by atoms with Crippen molar-refractivity contribution in [3.05, 3.63) is 59.2 Å². The van der Waals surface area contributed by atoms with E-state index in [-0.39, 0.29) is 11.8 Å². The van der Waals surface area contributed by atoms with Gasteiger partial charge in [0.1, 0.15) is 0 Å². The Morgan fingerprint density at radius 1 is 1.16 bits per heavy atom. The highest BCUT2D eigenvalue weighted by molar-refractivity contribution is 6.31. The van der Waals surface area contributed by atoms with Gasteiger partial charge < -0.3 is 9.42 Å². The summed E-state index contributed by atoms with van der Waals surface area (Å²) < 4.78 is 5.29. The molecule has 3 heterocycles. The molecule has 3 aromatic rings. The van der Waals surface area contributed by atoms with Gasteiger partial charge in [0, 0.05) is 30.5 Å². The molecule has 0 bridgehead atoms. The second-order valence-corrected chi connectivity index (χ2v) is 6.20. The topological polar surface area (TPSA) is 85.0 Å². The smallest absolute Gasteiger partial charge is 0.240 e. The van der Waals surface area contributed by atoms with E-state index in [0.717, 1.165) is 5.56 Å². The van der Waals surface area contributed by atoms with Crippen molar-refractivity contribution >= 4 is 17.5 Å². The van der Waals surface area contributed by atoms with Crippen molar-refractivity contribution in [1.82, 2.24) is 25.0 Å². The largest absolute Gasteiger partial charge is 0.341 e. The van der Waals surface area contributed by atoms with Crippen molar-refractivity contribution in [3.63, 3.8) is 0 Å². The molecule has 0 N–H and O–H groups in total. The zero-order chi connectivity index (χ0) is 17.2. The molecule has 1 saturated heterocycles. The molecule has 4 rings (SSSR count). The number of likely N-dealkylation sites (tertiary alicyclic amines) is 1. The maximum Gasteiger partial charge on any atom is 0.240 e. The summed E-state index contributed by atoms with van der Waals surface area (Å²) in [6.45, 7) is 1.11. The van der Waals surface area contributed by atoms with Gasteiger partial charge in [-0.1, -0.05) is 35.0 Å². The van der Waals surface area contributed by atoms with Crippen molar-refractivity contribution in [2.75, 3.05) is 13.1 Å². The Morgan fingerprint density at radius 2 is 1.92 bits per heavy atom. The average Bonchev–Trinajstić information content (AvgIpc) is 3.06. The van der Waals surface area contributed by atoms with E-state index >= 15 is 0 Å². The highest BCUT2D eigenvalue weighted by Crippen LogP contribution is 2.28. The molecule has 1 aliphatic rings. The molecule has 1 amide bonds. The van der Waals surface area contributed by atoms with Crippen LogP contribution in [0.25, 0.3) is 11.6 Å². The van der Waals surface area contributed by atoms with Gasteiger partial charge in [0.25, 0.3) is 0 Å². The number of rotatable bonds is 4. The van der Waals surface area contributed by atoms with E-state index in [1.54, 1.807) is 29.4 Å². The molecule has 7 nitrogen and oxygen atoms in total. The van der Waals surface area contributed by atoms with Crippen molar-refractivity contribution < 1.29 is 9.32 Å². The fourth-order valence-corrected chi connectivity index (χ4v) is 2.86. The van der Waals surface area contributed by atoms with E-state index in [9.17, 15) is 4.79 Å². The summed E-state index contributed by atoms with van der Waals surface area (Å²) in [6.07, 6.45) is 3.53. The van der Waals surface area contributed by atoms with Gasteiger partial charge in [-0.3, -0.25) is 4.79 Å². The summed E-state index contributed by atoms with van der Waals surface area (Å²) in [5.74, 6) is 1.36. The lowest BCUT2D eigenvalue weighted by Gasteiger charge is -2.37. The Morgan fingerprint density at radius 3 is 2.68 bits per heavy atom. The zero-order valence-electron chi connectivity index (χ0n) is 13.2. The minimum absolute atomic E-state index is 0.0375. The number of hydrogen-bond acceptors (Lipinski definition) is 6. The van der Waals surface area contributed by atoms with E-state index in [2.05, 4.69) is 20.1 Å². The first-order valence-electron chi connectivity index (χ1n) is 7.83. The third-order valence-corrected chi connectivity index (χ3v) is 4.46. The first kappa shape index (κ1) is 15.7. The number of benzene rings is 1. The SMILES string of the molecule is O=C(Cc1ccccc1Cl)N1CC(c2nc(-c3ncccn3)no2)C1. The highest BCUT2D eigenvalue weighted by atomic mass is 35.5. The molecule has 0 spiro atoms. The number of amides is 1. The van der Waals surface area contributed by atoms with Crippen LogP contribution in [0.2, 0.25) is 5.02 Å². The maximum absolute atomic E-state index is 12.3. The Kier molecular flexibility index (Phi) is 4.15. The second kappa shape index (κ2) is 6.60. The minimum Gasteiger partial charge on any atom is -0.341 e. The number of nitrogens with zero attached hydrogens (tertiary/aromatic N) is 5. The van der Waals surface area contributed by atoms with Gasteiger partial charge in [-0.2, -0.15) is 4.98 Å². The summed E-state index contributed by atoms with van der Waals surface area (Å²) in [6, 6.07) is 9.09. The summed E-state index contributed by atoms with van der Waals surface area (Å²) >= 11 is 6.10. The lowest BCUT2D eigenvalue weighted by atomic mass is 9.99. The number of hydrogen-bond donors (Lipinski definition) is 0. The van der Waals surface area contributed by atoms with Gasteiger partial charge in [-0.05, 0) is 17.7 Å². The molecule has 8 heteroatoms. The number of carbonyl (C=O) groups is 1. The molecule has 0 aliphatic carbocycles. The van der Waals surface area contributed by atoms with E-state index in [0.29, 0.717) is 42.1 Å². The fraction of sp³-hybridized carbons (Fsp3) is 0.235. The Bertz CT molecular complexity index is 893. The lowest BCUT2D eigenvalue weighted by molar-refractivity contribution is -0.135. The van der Waals surface area contributed by atoms with Crippen LogP contribution in [0.15, 0.2) is 47.2 Å². The minimum atomic E-state index is 0.0375. The second-order valence-electron chi connectivity index (χ2n) is 5.79. The summed E-state index contributed by atoms with van der Waals surface area (Å²) in [7, 11) is 0. The molecule has 1 aromatic carbocycles. The molecular formula is C17H14ClN5O2. The Labute approximate surface area is 148 Å². The highest BCUT2D eigenvalue weighted by Gasteiger charge is 2.35. The van der Waals surface area contributed by atoms with Crippen LogP contribution < -0.4 is 0 Å². The van der Waals surface area contributed by atoms with Crippen molar-refractivity contribution in [2.24, 2.45) is 0 Å². The lowest BCUT2D eigenvalue weighted by Crippen LogP contribution is -2.49.